The van der Waals surface area contributed by atoms with Crippen LogP contribution in [0.3, 0.4) is 0 Å². The number of ether oxygens (including phenoxy) is 3. The average molecular weight is 412 g/mol. The molecule has 3 rings (SSSR count). The zero-order valence-corrected chi connectivity index (χ0v) is 17.2. The minimum atomic E-state index is -0.170. The van der Waals surface area contributed by atoms with Gasteiger partial charge >= 0.3 is 0 Å². The lowest BCUT2D eigenvalue weighted by Gasteiger charge is -2.13. The van der Waals surface area contributed by atoms with Crippen molar-refractivity contribution in [3.8, 4) is 23.0 Å². The molecule has 0 aliphatic rings. The first-order valence-electron chi connectivity index (χ1n) is 9.03. The molecular weight excluding hydrogens is 390 g/mol. The van der Waals surface area contributed by atoms with E-state index in [4.69, 9.17) is 25.8 Å². The average Bonchev–Trinajstić information content (AvgIpc) is 2.70. The van der Waals surface area contributed by atoms with Gasteiger partial charge < -0.3 is 19.5 Å². The maximum atomic E-state index is 12.6. The number of methoxy groups -OCH3 is 2. The highest BCUT2D eigenvalue weighted by atomic mass is 35.5. The molecule has 1 N–H and O–H groups in total. The molecule has 0 atom stereocenters. The summed E-state index contributed by atoms with van der Waals surface area (Å²) >= 11 is 6.12. The number of benzene rings is 3. The smallest absolute Gasteiger partial charge is 0.228 e. The van der Waals surface area contributed by atoms with Crippen molar-refractivity contribution in [2.24, 2.45) is 0 Å². The molecule has 29 heavy (non-hydrogen) atoms. The van der Waals surface area contributed by atoms with Crippen molar-refractivity contribution in [2.75, 3.05) is 19.5 Å². The molecule has 3 aromatic carbocycles. The van der Waals surface area contributed by atoms with E-state index in [-0.39, 0.29) is 12.3 Å². The van der Waals surface area contributed by atoms with Crippen LogP contribution in [-0.4, -0.2) is 20.1 Å². The van der Waals surface area contributed by atoms with Gasteiger partial charge in [-0.25, -0.2) is 0 Å². The van der Waals surface area contributed by atoms with Crippen molar-refractivity contribution >= 4 is 23.2 Å². The highest BCUT2D eigenvalue weighted by Crippen LogP contribution is 2.33. The van der Waals surface area contributed by atoms with Crippen molar-refractivity contribution in [1.29, 1.82) is 0 Å². The Morgan fingerprint density at radius 2 is 1.59 bits per heavy atom. The van der Waals surface area contributed by atoms with Crippen molar-refractivity contribution in [3.05, 3.63) is 76.8 Å². The Morgan fingerprint density at radius 1 is 0.897 bits per heavy atom. The number of hydrogen-bond donors (Lipinski definition) is 1. The molecule has 0 unspecified atom stereocenters. The van der Waals surface area contributed by atoms with Crippen molar-refractivity contribution in [3.63, 3.8) is 0 Å². The molecule has 0 saturated heterocycles. The summed E-state index contributed by atoms with van der Waals surface area (Å²) in [5, 5.41) is 3.39. The minimum absolute atomic E-state index is 0.170. The lowest BCUT2D eigenvalue weighted by molar-refractivity contribution is -0.115. The second-order valence-electron chi connectivity index (χ2n) is 6.45. The third-order valence-corrected chi connectivity index (χ3v) is 4.56. The topological polar surface area (TPSA) is 56.8 Å². The lowest BCUT2D eigenvalue weighted by Crippen LogP contribution is -2.15. The van der Waals surface area contributed by atoms with Gasteiger partial charge in [-0.15, -0.1) is 0 Å². The van der Waals surface area contributed by atoms with Gasteiger partial charge in [-0.3, -0.25) is 4.79 Å². The molecule has 0 radical (unpaired) electrons. The molecular formula is C23H22ClNO4. The van der Waals surface area contributed by atoms with Crippen LogP contribution in [0.15, 0.2) is 60.7 Å². The molecule has 0 bridgehead atoms. The van der Waals surface area contributed by atoms with E-state index < -0.39 is 0 Å². The number of halogens is 1. The summed E-state index contributed by atoms with van der Waals surface area (Å²) < 4.78 is 16.3. The third kappa shape index (κ3) is 5.42. The first kappa shape index (κ1) is 20.6. The maximum absolute atomic E-state index is 12.6. The Hall–Kier alpha value is -3.18. The van der Waals surface area contributed by atoms with Gasteiger partial charge in [0, 0.05) is 5.02 Å². The highest BCUT2D eigenvalue weighted by molar-refractivity contribution is 6.31. The summed E-state index contributed by atoms with van der Waals surface area (Å²) in [5.74, 6) is 2.47. The summed E-state index contributed by atoms with van der Waals surface area (Å²) in [6.07, 6.45) is 0.222. The summed E-state index contributed by atoms with van der Waals surface area (Å²) in [4.78, 5) is 12.6. The predicted molar refractivity (Wildman–Crippen MR) is 115 cm³/mol. The van der Waals surface area contributed by atoms with E-state index in [9.17, 15) is 4.79 Å². The zero-order valence-electron chi connectivity index (χ0n) is 16.5. The van der Waals surface area contributed by atoms with Crippen molar-refractivity contribution in [1.82, 2.24) is 0 Å². The van der Waals surface area contributed by atoms with Gasteiger partial charge in [-0.1, -0.05) is 23.7 Å². The van der Waals surface area contributed by atoms with Crippen LogP contribution in [0.5, 0.6) is 23.0 Å². The second-order valence-corrected chi connectivity index (χ2v) is 6.88. The molecule has 0 heterocycles. The van der Waals surface area contributed by atoms with Gasteiger partial charge in [0.2, 0.25) is 5.91 Å². The lowest BCUT2D eigenvalue weighted by atomic mass is 10.1. The summed E-state index contributed by atoms with van der Waals surface area (Å²) in [6.45, 7) is 1.94. The fourth-order valence-electron chi connectivity index (χ4n) is 2.89. The molecule has 0 saturated carbocycles. The van der Waals surface area contributed by atoms with Crippen LogP contribution in [0.2, 0.25) is 5.02 Å². The SMILES string of the molecule is COc1ccc(Oc2ccc(Cl)cc2NC(=O)Cc2ccc(OC)c(C)c2)cc1. The fourth-order valence-corrected chi connectivity index (χ4v) is 3.06. The largest absolute Gasteiger partial charge is 0.497 e. The number of anilines is 1. The van der Waals surface area contributed by atoms with Gasteiger partial charge in [0.05, 0.1) is 26.3 Å². The molecule has 0 aliphatic carbocycles. The quantitative estimate of drug-likeness (QED) is 0.546. The van der Waals surface area contributed by atoms with Gasteiger partial charge in [0.25, 0.3) is 0 Å². The number of amides is 1. The van der Waals surface area contributed by atoms with E-state index in [1.165, 1.54) is 0 Å². The Kier molecular flexibility index (Phi) is 6.62. The van der Waals surface area contributed by atoms with Crippen LogP contribution in [0.25, 0.3) is 0 Å². The monoisotopic (exact) mass is 411 g/mol. The van der Waals surface area contributed by atoms with E-state index in [2.05, 4.69) is 5.32 Å². The third-order valence-electron chi connectivity index (χ3n) is 4.33. The molecule has 150 valence electrons. The van der Waals surface area contributed by atoms with Crippen molar-refractivity contribution < 1.29 is 19.0 Å². The fraction of sp³-hybridized carbons (Fsp3) is 0.174. The van der Waals surface area contributed by atoms with Gasteiger partial charge in [-0.2, -0.15) is 0 Å². The summed E-state index contributed by atoms with van der Waals surface area (Å²) in [6, 6.07) is 17.9. The van der Waals surface area contributed by atoms with Gasteiger partial charge in [-0.05, 0) is 66.6 Å². The van der Waals surface area contributed by atoms with Crippen molar-refractivity contribution in [2.45, 2.75) is 13.3 Å². The molecule has 3 aromatic rings. The standard InChI is InChI=1S/C23H22ClNO4/c1-15-12-16(4-10-21(15)28-3)13-23(26)25-20-14-17(24)5-11-22(20)29-19-8-6-18(27-2)7-9-19/h4-12,14H,13H2,1-3H3,(H,25,26). The number of rotatable bonds is 7. The van der Waals surface area contributed by atoms with E-state index in [1.807, 2.05) is 25.1 Å². The number of carbonyl (C=O) groups is 1. The number of aryl methyl sites for hydroxylation is 1. The van der Waals surface area contributed by atoms with Gasteiger partial charge in [0.15, 0.2) is 5.75 Å². The van der Waals surface area contributed by atoms with Gasteiger partial charge in [0.1, 0.15) is 17.2 Å². The normalized spacial score (nSPS) is 10.3. The summed E-state index contributed by atoms with van der Waals surface area (Å²) in [7, 11) is 3.23. The number of carbonyl (C=O) groups excluding carboxylic acids is 1. The molecule has 0 fully saturated rings. The Morgan fingerprint density at radius 3 is 2.24 bits per heavy atom. The second kappa shape index (κ2) is 9.34. The van der Waals surface area contributed by atoms with Crippen LogP contribution in [0.1, 0.15) is 11.1 Å². The van der Waals surface area contributed by atoms with Crippen LogP contribution >= 0.6 is 11.6 Å². The first-order chi connectivity index (χ1) is 14.0. The van der Waals surface area contributed by atoms with E-state index in [0.717, 1.165) is 22.6 Å². The molecule has 0 spiro atoms. The molecule has 1 amide bonds. The summed E-state index contributed by atoms with van der Waals surface area (Å²) in [5.41, 5.74) is 2.37. The van der Waals surface area contributed by atoms with E-state index in [0.29, 0.717) is 22.2 Å². The Balaban J connectivity index is 1.74. The highest BCUT2D eigenvalue weighted by Gasteiger charge is 2.12. The molecule has 5 nitrogen and oxygen atoms in total. The Labute approximate surface area is 175 Å². The zero-order chi connectivity index (χ0) is 20.8. The van der Waals surface area contributed by atoms with Crippen LogP contribution < -0.4 is 19.5 Å². The van der Waals surface area contributed by atoms with E-state index in [1.54, 1.807) is 56.7 Å². The van der Waals surface area contributed by atoms with E-state index >= 15 is 0 Å². The molecule has 0 aromatic heterocycles. The Bertz CT molecular complexity index is 1000. The molecule has 6 heteroatoms. The van der Waals surface area contributed by atoms with Crippen LogP contribution in [-0.2, 0) is 11.2 Å². The minimum Gasteiger partial charge on any atom is -0.497 e. The van der Waals surface area contributed by atoms with Crippen LogP contribution in [0.4, 0.5) is 5.69 Å². The maximum Gasteiger partial charge on any atom is 0.228 e. The first-order valence-corrected chi connectivity index (χ1v) is 9.41. The number of nitrogens with one attached hydrogen (secondary N) is 1. The predicted octanol–water partition coefficient (Wildman–Crippen LogP) is 5.64. The van der Waals surface area contributed by atoms with Crippen LogP contribution in [0, 0.1) is 6.92 Å². The molecule has 0 aliphatic heterocycles. The number of hydrogen-bond acceptors (Lipinski definition) is 4.